The monoisotopic (exact) mass is 263 g/mol. The van der Waals surface area contributed by atoms with Gasteiger partial charge in [-0.15, -0.1) is 0 Å². The number of rotatable bonds is 2. The van der Waals surface area contributed by atoms with Gasteiger partial charge in [0, 0.05) is 19.1 Å². The minimum Gasteiger partial charge on any atom is -0.345 e. The molecule has 0 bridgehead atoms. The Bertz CT molecular complexity index is 478. The van der Waals surface area contributed by atoms with Gasteiger partial charge in [-0.1, -0.05) is 48.6 Å². The Hall–Kier alpha value is -1.61. The molecule has 18 heavy (non-hydrogen) atoms. The van der Waals surface area contributed by atoms with Crippen LogP contribution in [-0.2, 0) is 4.74 Å². The molecule has 0 fully saturated rings. The summed E-state index contributed by atoms with van der Waals surface area (Å²) in [4.78, 5) is 0. The molecule has 0 saturated heterocycles. The number of thiocarbonyl (C=S) groups is 1. The smallest absolute Gasteiger partial charge is 0.239 e. The van der Waals surface area contributed by atoms with Gasteiger partial charge in [0.2, 0.25) is 5.85 Å². The van der Waals surface area contributed by atoms with Gasteiger partial charge in [-0.25, -0.2) is 9.80 Å². The van der Waals surface area contributed by atoms with Crippen molar-refractivity contribution in [2.24, 2.45) is 0 Å². The quantitative estimate of drug-likeness (QED) is 0.646. The third-order valence-corrected chi connectivity index (χ3v) is 2.59. The van der Waals surface area contributed by atoms with Gasteiger partial charge in [-0.3, -0.25) is 0 Å². The molecule has 0 amide bonds. The molecular formula is C14H14FNOS. The fourth-order valence-electron chi connectivity index (χ4n) is 1.74. The van der Waals surface area contributed by atoms with Crippen molar-refractivity contribution in [3.8, 4) is 0 Å². The third kappa shape index (κ3) is 3.44. The van der Waals surface area contributed by atoms with E-state index in [4.69, 9.17) is 10.1 Å². The van der Waals surface area contributed by atoms with Crippen molar-refractivity contribution in [2.45, 2.75) is 12.3 Å². The third-order valence-electron chi connectivity index (χ3n) is 2.59. The molecule has 0 spiro atoms. The second-order valence-corrected chi connectivity index (χ2v) is 3.82. The van der Waals surface area contributed by atoms with Crippen LogP contribution >= 0.6 is 12.2 Å². The van der Waals surface area contributed by atoms with Crippen LogP contribution in [0.15, 0.2) is 48.6 Å². The fraction of sp³-hybridized carbons (Fsp3) is 0.214. The van der Waals surface area contributed by atoms with E-state index in [9.17, 15) is 4.39 Å². The molecule has 2 rings (SSSR count). The highest BCUT2D eigenvalue weighted by atomic mass is 32.1. The van der Waals surface area contributed by atoms with E-state index in [1.165, 1.54) is 7.11 Å². The van der Waals surface area contributed by atoms with Crippen molar-refractivity contribution in [1.29, 1.82) is 5.41 Å². The van der Waals surface area contributed by atoms with Crippen molar-refractivity contribution >= 4 is 23.0 Å². The first-order chi connectivity index (χ1) is 8.68. The number of alkyl halides is 1. The van der Waals surface area contributed by atoms with Gasteiger partial charge in [0.1, 0.15) is 0 Å². The van der Waals surface area contributed by atoms with Crippen LogP contribution in [0.25, 0.3) is 5.57 Å². The standard InChI is InChI=1S/C13H13FO.CHNS/c1-15-13(14)10-6-5-9-12(13)11-7-3-2-4-8-11;2-1-3/h2-9H,10H2,1H3;2H. The van der Waals surface area contributed by atoms with Gasteiger partial charge in [0.05, 0.1) is 5.16 Å². The molecule has 0 aromatic heterocycles. The van der Waals surface area contributed by atoms with E-state index in [1.807, 2.05) is 36.4 Å². The van der Waals surface area contributed by atoms with Crippen LogP contribution in [0.4, 0.5) is 4.39 Å². The number of hydrogen-bond acceptors (Lipinski definition) is 3. The fourth-order valence-corrected chi connectivity index (χ4v) is 1.74. The summed E-state index contributed by atoms with van der Waals surface area (Å²) in [5.41, 5.74) is 1.46. The maximum absolute atomic E-state index is 14.3. The van der Waals surface area contributed by atoms with E-state index < -0.39 is 5.85 Å². The summed E-state index contributed by atoms with van der Waals surface area (Å²) in [5.74, 6) is -1.68. The lowest BCUT2D eigenvalue weighted by Crippen LogP contribution is -2.27. The average molecular weight is 263 g/mol. The minimum absolute atomic E-state index is 0.268. The number of nitrogens with one attached hydrogen (secondary N) is 1. The lowest BCUT2D eigenvalue weighted by molar-refractivity contribution is -0.0671. The summed E-state index contributed by atoms with van der Waals surface area (Å²) >= 11 is 3.81. The average Bonchev–Trinajstić information content (AvgIpc) is 2.41. The topological polar surface area (TPSA) is 33.1 Å². The van der Waals surface area contributed by atoms with Crippen LogP contribution < -0.4 is 0 Å². The second kappa shape index (κ2) is 6.97. The van der Waals surface area contributed by atoms with Crippen LogP contribution in [0.3, 0.4) is 0 Å². The lowest BCUT2D eigenvalue weighted by Gasteiger charge is -2.27. The number of hydrogen-bond donors (Lipinski definition) is 1. The minimum atomic E-state index is -1.68. The number of isothiocyanates is 1. The summed E-state index contributed by atoms with van der Waals surface area (Å²) in [6.45, 7) is 0. The SMILES string of the molecule is COC1(F)CC=CC=C1c1ccccc1.N=C=S. The van der Waals surface area contributed by atoms with Gasteiger partial charge in [0.15, 0.2) is 0 Å². The van der Waals surface area contributed by atoms with E-state index in [0.29, 0.717) is 5.57 Å². The number of allylic oxidation sites excluding steroid dienone is 2. The predicted molar refractivity (Wildman–Crippen MR) is 74.3 cm³/mol. The Labute approximate surface area is 111 Å². The molecule has 0 heterocycles. The van der Waals surface area contributed by atoms with Crippen molar-refractivity contribution < 1.29 is 9.13 Å². The molecular weight excluding hydrogens is 249 g/mol. The van der Waals surface area contributed by atoms with Gasteiger partial charge in [-0.2, -0.15) is 0 Å². The van der Waals surface area contributed by atoms with E-state index in [2.05, 4.69) is 12.2 Å². The molecule has 2 nitrogen and oxygen atoms in total. The van der Waals surface area contributed by atoms with Gasteiger partial charge < -0.3 is 4.74 Å². The molecule has 0 aliphatic heterocycles. The largest absolute Gasteiger partial charge is 0.345 e. The zero-order chi connectivity index (χ0) is 13.4. The highest BCUT2D eigenvalue weighted by molar-refractivity contribution is 7.78. The number of halogens is 1. The predicted octanol–water partition coefficient (Wildman–Crippen LogP) is 4.01. The molecule has 1 aromatic rings. The number of benzene rings is 1. The normalized spacial score (nSPS) is 21.3. The Kier molecular flexibility index (Phi) is 5.59. The van der Waals surface area contributed by atoms with Crippen molar-refractivity contribution in [2.75, 3.05) is 7.11 Å². The van der Waals surface area contributed by atoms with Gasteiger partial charge >= 0.3 is 0 Å². The Balaban J connectivity index is 0.000000492. The van der Waals surface area contributed by atoms with E-state index in [1.54, 1.807) is 17.3 Å². The molecule has 1 aliphatic rings. The molecule has 1 aromatic carbocycles. The molecule has 1 atom stereocenters. The lowest BCUT2D eigenvalue weighted by atomic mass is 9.92. The first-order valence-electron chi connectivity index (χ1n) is 5.38. The number of ether oxygens (including phenoxy) is 1. The number of methoxy groups -OCH3 is 1. The maximum atomic E-state index is 14.3. The van der Waals surface area contributed by atoms with E-state index in [-0.39, 0.29) is 6.42 Å². The maximum Gasteiger partial charge on any atom is 0.239 e. The highest BCUT2D eigenvalue weighted by Crippen LogP contribution is 2.37. The zero-order valence-electron chi connectivity index (χ0n) is 10.0. The Morgan fingerprint density at radius 2 is 2.00 bits per heavy atom. The highest BCUT2D eigenvalue weighted by Gasteiger charge is 2.34. The molecule has 0 saturated carbocycles. The van der Waals surface area contributed by atoms with Crippen LogP contribution in [0.5, 0.6) is 0 Å². The molecule has 1 aliphatic carbocycles. The Morgan fingerprint density at radius 1 is 1.39 bits per heavy atom. The van der Waals surface area contributed by atoms with Crippen LogP contribution in [0, 0.1) is 5.41 Å². The summed E-state index contributed by atoms with van der Waals surface area (Å²) in [6, 6.07) is 9.47. The molecule has 1 N–H and O–H groups in total. The molecule has 4 heteroatoms. The van der Waals surface area contributed by atoms with Crippen molar-refractivity contribution in [3.63, 3.8) is 0 Å². The van der Waals surface area contributed by atoms with Gasteiger partial charge in [0.25, 0.3) is 0 Å². The zero-order valence-corrected chi connectivity index (χ0v) is 10.8. The second-order valence-electron chi connectivity index (χ2n) is 3.61. The molecule has 1 unspecified atom stereocenters. The molecule has 94 valence electrons. The first kappa shape index (κ1) is 14.5. The van der Waals surface area contributed by atoms with Crippen LogP contribution in [-0.4, -0.2) is 18.1 Å². The molecule has 0 radical (unpaired) electrons. The first-order valence-corrected chi connectivity index (χ1v) is 5.79. The van der Waals surface area contributed by atoms with Gasteiger partial charge in [-0.05, 0) is 17.8 Å². The van der Waals surface area contributed by atoms with Crippen LogP contribution in [0.1, 0.15) is 12.0 Å². The summed E-state index contributed by atoms with van der Waals surface area (Å²) in [6.07, 6.45) is 5.67. The summed E-state index contributed by atoms with van der Waals surface area (Å²) in [7, 11) is 1.40. The van der Waals surface area contributed by atoms with Crippen LogP contribution in [0.2, 0.25) is 0 Å². The van der Waals surface area contributed by atoms with Crippen molar-refractivity contribution in [1.82, 2.24) is 0 Å². The van der Waals surface area contributed by atoms with Crippen molar-refractivity contribution in [3.05, 3.63) is 54.1 Å². The summed E-state index contributed by atoms with van der Waals surface area (Å²) in [5, 5.41) is 7.36. The Morgan fingerprint density at radius 3 is 2.56 bits per heavy atom. The summed E-state index contributed by atoms with van der Waals surface area (Å²) < 4.78 is 19.3. The van der Waals surface area contributed by atoms with E-state index >= 15 is 0 Å². The van der Waals surface area contributed by atoms with E-state index in [0.717, 1.165) is 5.56 Å².